The molecule has 1 N–H and O–H groups in total. The van der Waals surface area contributed by atoms with E-state index in [0.29, 0.717) is 17.4 Å². The van der Waals surface area contributed by atoms with Crippen LogP contribution < -0.4 is 0 Å². The van der Waals surface area contributed by atoms with E-state index in [2.05, 4.69) is 13.8 Å². The second kappa shape index (κ2) is 57.7. The molecule has 0 aromatic heterocycles. The lowest BCUT2D eigenvalue weighted by Crippen LogP contribution is -2.37. The zero-order valence-corrected chi connectivity index (χ0v) is 52.0. The molecule has 0 aliphatic rings. The minimum Gasteiger partial charge on any atom is -0.462 e. The Morgan fingerprint density at radius 1 is 0.360 bits per heavy atom. The number of quaternary nitrogens is 1. The first-order chi connectivity index (χ1) is 36.5. The first kappa shape index (κ1) is 74.0. The molecule has 0 amide bonds. The van der Waals surface area contributed by atoms with Crippen molar-refractivity contribution >= 4 is 19.8 Å². The van der Waals surface area contributed by atoms with Crippen molar-refractivity contribution in [2.75, 3.05) is 47.5 Å². The summed E-state index contributed by atoms with van der Waals surface area (Å²) in [4.78, 5) is 35.6. The first-order valence-corrected chi connectivity index (χ1v) is 34.8. The quantitative estimate of drug-likeness (QED) is 0.0278. The molecule has 0 aliphatic heterocycles. The molecule has 2 atom stereocenters. The number of ether oxygens (including phenoxy) is 2. The van der Waals surface area contributed by atoms with E-state index in [9.17, 15) is 19.0 Å². The zero-order chi connectivity index (χ0) is 54.9. The van der Waals surface area contributed by atoms with E-state index >= 15 is 0 Å². The summed E-state index contributed by atoms with van der Waals surface area (Å²) in [5, 5.41) is 0. The Hall–Kier alpha value is -0.990. The highest BCUT2D eigenvalue weighted by atomic mass is 31.2. The van der Waals surface area contributed by atoms with E-state index in [4.69, 9.17) is 18.5 Å². The molecule has 448 valence electrons. The van der Waals surface area contributed by atoms with Gasteiger partial charge in [-0.25, -0.2) is 4.57 Å². The topological polar surface area (TPSA) is 108 Å². The lowest BCUT2D eigenvalue weighted by molar-refractivity contribution is -0.870. The Labute approximate surface area is 467 Å². The second-order valence-corrected chi connectivity index (χ2v) is 25.7. The van der Waals surface area contributed by atoms with Crippen LogP contribution in [0, 0.1) is 0 Å². The highest BCUT2D eigenvalue weighted by molar-refractivity contribution is 7.47. The molecule has 0 rings (SSSR count). The van der Waals surface area contributed by atoms with E-state index in [-0.39, 0.29) is 25.6 Å². The van der Waals surface area contributed by atoms with Crippen molar-refractivity contribution < 1.29 is 42.1 Å². The average Bonchev–Trinajstić information content (AvgIpc) is 3.37. The molecule has 0 saturated heterocycles. The highest BCUT2D eigenvalue weighted by Gasteiger charge is 2.27. The van der Waals surface area contributed by atoms with Gasteiger partial charge in [-0.1, -0.05) is 328 Å². The smallest absolute Gasteiger partial charge is 0.462 e. The normalized spacial score (nSPS) is 13.1. The molecule has 75 heavy (non-hydrogen) atoms. The van der Waals surface area contributed by atoms with Gasteiger partial charge in [0.15, 0.2) is 6.10 Å². The largest absolute Gasteiger partial charge is 0.472 e. The van der Waals surface area contributed by atoms with Gasteiger partial charge in [0, 0.05) is 12.8 Å². The summed E-state index contributed by atoms with van der Waals surface area (Å²) >= 11 is 0. The number of carbonyl (C=O) groups excluding carboxylic acids is 2. The fourth-order valence-electron chi connectivity index (χ4n) is 10.3. The molecule has 0 aliphatic carbocycles. The fraction of sp³-hybridized carbons (Fsp3) is 0.969. The third-order valence-electron chi connectivity index (χ3n) is 15.4. The molecule has 0 bridgehead atoms. The van der Waals surface area contributed by atoms with Crippen molar-refractivity contribution in [1.29, 1.82) is 0 Å². The molecule has 2 unspecified atom stereocenters. The van der Waals surface area contributed by atoms with Crippen LogP contribution in [0.25, 0.3) is 0 Å². The maximum Gasteiger partial charge on any atom is 0.472 e. The van der Waals surface area contributed by atoms with Crippen LogP contribution in [0.1, 0.15) is 354 Å². The molecular weight excluding hydrogens is 954 g/mol. The lowest BCUT2D eigenvalue weighted by atomic mass is 10.0. The van der Waals surface area contributed by atoms with Crippen LogP contribution in [0.5, 0.6) is 0 Å². The van der Waals surface area contributed by atoms with Crippen molar-refractivity contribution in [2.45, 2.75) is 360 Å². The third kappa shape index (κ3) is 62.1. The number of esters is 2. The summed E-state index contributed by atoms with van der Waals surface area (Å²) < 4.78 is 34.5. The summed E-state index contributed by atoms with van der Waals surface area (Å²) in [6.07, 6.45) is 68.2. The summed E-state index contributed by atoms with van der Waals surface area (Å²) in [6.45, 7) is 4.49. The van der Waals surface area contributed by atoms with Gasteiger partial charge in [0.25, 0.3) is 0 Å². The maximum atomic E-state index is 12.8. The number of nitrogens with zero attached hydrogens (tertiary/aromatic N) is 1. The van der Waals surface area contributed by atoms with Crippen LogP contribution in [0.3, 0.4) is 0 Å². The van der Waals surface area contributed by atoms with Gasteiger partial charge in [0.05, 0.1) is 27.7 Å². The van der Waals surface area contributed by atoms with Crippen LogP contribution in [0.15, 0.2) is 0 Å². The van der Waals surface area contributed by atoms with Gasteiger partial charge < -0.3 is 18.9 Å². The Balaban J connectivity index is 3.77. The lowest BCUT2D eigenvalue weighted by Gasteiger charge is -2.24. The number of phosphoric acid groups is 1. The van der Waals surface area contributed by atoms with Gasteiger partial charge in [-0.15, -0.1) is 0 Å². The van der Waals surface area contributed by atoms with Crippen molar-refractivity contribution in [3.63, 3.8) is 0 Å². The summed E-state index contributed by atoms with van der Waals surface area (Å²) in [5.41, 5.74) is 0. The van der Waals surface area contributed by atoms with Gasteiger partial charge in [-0.05, 0) is 12.8 Å². The monoisotopic (exact) mass is 1080 g/mol. The van der Waals surface area contributed by atoms with Crippen LogP contribution in [0.4, 0.5) is 0 Å². The van der Waals surface area contributed by atoms with Gasteiger partial charge in [-0.2, -0.15) is 0 Å². The molecule has 0 saturated carbocycles. The first-order valence-electron chi connectivity index (χ1n) is 33.3. The summed E-state index contributed by atoms with van der Waals surface area (Å²) in [6, 6.07) is 0. The van der Waals surface area contributed by atoms with Crippen LogP contribution >= 0.6 is 7.82 Å². The van der Waals surface area contributed by atoms with Crippen LogP contribution in [-0.2, 0) is 32.7 Å². The summed E-state index contributed by atoms with van der Waals surface area (Å²) in [7, 11) is 1.50. The van der Waals surface area contributed by atoms with Crippen molar-refractivity contribution in [1.82, 2.24) is 0 Å². The standard InChI is InChI=1S/C65H130NO8P/c1-6-8-10-12-14-16-18-19-20-21-22-23-24-25-26-27-28-29-30-31-32-33-34-35-36-37-38-39-40-41-42-43-44-45-46-48-50-52-54-56-58-65(68)74-63(62-73-75(69,70)72-60-59-66(3,4)5)61-71-64(67)57-55-53-51-49-47-17-15-13-11-9-7-2/h63H,6-62H2,1-5H3/p+1. The van der Waals surface area contributed by atoms with Gasteiger partial charge in [0.2, 0.25) is 0 Å². The van der Waals surface area contributed by atoms with Gasteiger partial charge >= 0.3 is 19.8 Å². The van der Waals surface area contributed by atoms with E-state index in [1.54, 1.807) is 0 Å². The molecule has 0 heterocycles. The molecule has 0 radical (unpaired) electrons. The Kier molecular flexibility index (Phi) is 56.9. The molecule has 0 spiro atoms. The number of rotatable bonds is 63. The third-order valence-corrected chi connectivity index (χ3v) is 16.4. The number of hydrogen-bond donors (Lipinski definition) is 1. The summed E-state index contributed by atoms with van der Waals surface area (Å²) in [5.74, 6) is -0.777. The Morgan fingerprint density at radius 2 is 0.600 bits per heavy atom. The molecule has 9 nitrogen and oxygen atoms in total. The van der Waals surface area contributed by atoms with E-state index in [1.807, 2.05) is 21.1 Å². The number of likely N-dealkylation sites (N-methyl/N-ethyl adjacent to an activating group) is 1. The number of carbonyl (C=O) groups is 2. The molecule has 10 heteroatoms. The van der Waals surface area contributed by atoms with E-state index in [0.717, 1.165) is 38.5 Å². The molecule has 0 fully saturated rings. The number of hydrogen-bond acceptors (Lipinski definition) is 7. The molecule has 0 aromatic carbocycles. The molecule has 0 aromatic rings. The van der Waals surface area contributed by atoms with Gasteiger partial charge in [-0.3, -0.25) is 18.6 Å². The van der Waals surface area contributed by atoms with E-state index in [1.165, 1.54) is 289 Å². The highest BCUT2D eigenvalue weighted by Crippen LogP contribution is 2.43. The van der Waals surface area contributed by atoms with Crippen molar-refractivity contribution in [3.8, 4) is 0 Å². The minimum absolute atomic E-state index is 0.0372. The SMILES string of the molecule is CCCCCCCCCCCCCCCCCCCCCCCCCCCCCCCCCCCCCCCCCCC(=O)OC(COC(=O)CCCCCCCCCCCCC)COP(=O)(O)OCC[N+](C)(C)C. The zero-order valence-electron chi connectivity index (χ0n) is 51.1. The molecular formula is C65H131NO8P+. The predicted molar refractivity (Wildman–Crippen MR) is 322 cm³/mol. The average molecular weight is 1090 g/mol. The number of unbranched alkanes of at least 4 members (excludes halogenated alkanes) is 49. The number of phosphoric ester groups is 1. The van der Waals surface area contributed by atoms with E-state index < -0.39 is 26.5 Å². The predicted octanol–water partition coefficient (Wildman–Crippen LogP) is 21.0. The Bertz CT molecular complexity index is 1230. The van der Waals surface area contributed by atoms with Crippen LogP contribution in [-0.4, -0.2) is 74.9 Å². The van der Waals surface area contributed by atoms with Crippen molar-refractivity contribution in [3.05, 3.63) is 0 Å². The minimum atomic E-state index is -4.37. The Morgan fingerprint density at radius 3 is 0.853 bits per heavy atom. The van der Waals surface area contributed by atoms with Gasteiger partial charge in [0.1, 0.15) is 19.8 Å². The van der Waals surface area contributed by atoms with Crippen molar-refractivity contribution in [2.24, 2.45) is 0 Å². The van der Waals surface area contributed by atoms with Crippen LogP contribution in [0.2, 0.25) is 0 Å². The maximum absolute atomic E-state index is 12.8. The fourth-order valence-corrected chi connectivity index (χ4v) is 11.0. The second-order valence-electron chi connectivity index (χ2n) is 24.2.